The molecule has 0 heterocycles. The molecule has 1 amide bonds. The maximum Gasteiger partial charge on any atom is 0.234 e. The Labute approximate surface area is 121 Å². The van der Waals surface area contributed by atoms with E-state index in [4.69, 9.17) is 4.74 Å². The molecule has 1 aromatic rings. The Hall–Kier alpha value is -1.55. The summed E-state index contributed by atoms with van der Waals surface area (Å²) in [5.74, 6) is 0.912. The summed E-state index contributed by atoms with van der Waals surface area (Å²) < 4.78 is 5.55. The number of rotatable bonds is 8. The first-order valence-electron chi connectivity index (χ1n) is 7.28. The Morgan fingerprint density at radius 3 is 2.40 bits per heavy atom. The van der Waals surface area contributed by atoms with Crippen molar-refractivity contribution in [2.75, 3.05) is 13.2 Å². The van der Waals surface area contributed by atoms with Crippen LogP contribution in [0, 0.1) is 0 Å². The third kappa shape index (κ3) is 6.06. The van der Waals surface area contributed by atoms with Crippen LogP contribution in [0.15, 0.2) is 24.3 Å². The fourth-order valence-corrected chi connectivity index (χ4v) is 1.81. The summed E-state index contributed by atoms with van der Waals surface area (Å²) in [6, 6.07) is 8.31. The first-order valence-corrected chi connectivity index (χ1v) is 7.28. The van der Waals surface area contributed by atoms with Crippen LogP contribution in [-0.4, -0.2) is 25.1 Å². The van der Waals surface area contributed by atoms with Gasteiger partial charge >= 0.3 is 0 Å². The van der Waals surface area contributed by atoms with Crippen LogP contribution in [0.1, 0.15) is 45.7 Å². The summed E-state index contributed by atoms with van der Waals surface area (Å²) in [5, 5.41) is 6.07. The predicted octanol–water partition coefficient (Wildman–Crippen LogP) is 2.65. The number of amides is 1. The SMILES string of the molecule is CCCOc1ccc(C(C)NCC(=O)NC(C)C)cc1. The number of hydrogen-bond donors (Lipinski definition) is 2. The minimum Gasteiger partial charge on any atom is -0.494 e. The van der Waals surface area contributed by atoms with Gasteiger partial charge in [0.2, 0.25) is 5.91 Å². The predicted molar refractivity (Wildman–Crippen MR) is 81.9 cm³/mol. The third-order valence-corrected chi connectivity index (χ3v) is 2.87. The first-order chi connectivity index (χ1) is 9.52. The van der Waals surface area contributed by atoms with Gasteiger partial charge < -0.3 is 15.4 Å². The number of carbonyl (C=O) groups excluding carboxylic acids is 1. The molecule has 0 aliphatic carbocycles. The van der Waals surface area contributed by atoms with Crippen molar-refractivity contribution in [1.29, 1.82) is 0 Å². The molecule has 0 fully saturated rings. The van der Waals surface area contributed by atoms with E-state index >= 15 is 0 Å². The topological polar surface area (TPSA) is 50.4 Å². The van der Waals surface area contributed by atoms with E-state index in [0.717, 1.165) is 24.3 Å². The lowest BCUT2D eigenvalue weighted by atomic mass is 10.1. The van der Waals surface area contributed by atoms with Crippen molar-refractivity contribution >= 4 is 5.91 Å². The molecule has 1 aromatic carbocycles. The highest BCUT2D eigenvalue weighted by Gasteiger charge is 2.08. The molecular formula is C16H26N2O2. The number of benzene rings is 1. The molecule has 0 bridgehead atoms. The highest BCUT2D eigenvalue weighted by atomic mass is 16.5. The molecule has 1 unspecified atom stereocenters. The van der Waals surface area contributed by atoms with Crippen LogP contribution in [0.3, 0.4) is 0 Å². The van der Waals surface area contributed by atoms with E-state index in [1.807, 2.05) is 45.0 Å². The van der Waals surface area contributed by atoms with Crippen LogP contribution in [0.5, 0.6) is 5.75 Å². The lowest BCUT2D eigenvalue weighted by molar-refractivity contribution is -0.120. The second-order valence-electron chi connectivity index (χ2n) is 5.24. The van der Waals surface area contributed by atoms with Gasteiger partial charge in [-0.2, -0.15) is 0 Å². The van der Waals surface area contributed by atoms with Crippen molar-refractivity contribution in [2.45, 2.75) is 46.2 Å². The smallest absolute Gasteiger partial charge is 0.234 e. The van der Waals surface area contributed by atoms with Crippen LogP contribution in [-0.2, 0) is 4.79 Å². The summed E-state index contributed by atoms with van der Waals surface area (Å²) in [5.41, 5.74) is 1.14. The van der Waals surface area contributed by atoms with Crippen LogP contribution >= 0.6 is 0 Å². The van der Waals surface area contributed by atoms with Crippen molar-refractivity contribution in [2.24, 2.45) is 0 Å². The maximum absolute atomic E-state index is 11.6. The summed E-state index contributed by atoms with van der Waals surface area (Å²) in [6.07, 6.45) is 1.00. The molecule has 1 rings (SSSR count). The van der Waals surface area contributed by atoms with Gasteiger partial charge in [-0.15, -0.1) is 0 Å². The Kier molecular flexibility index (Phi) is 7.09. The Balaban J connectivity index is 2.43. The van der Waals surface area contributed by atoms with E-state index in [-0.39, 0.29) is 18.0 Å². The van der Waals surface area contributed by atoms with Gasteiger partial charge in [0.15, 0.2) is 0 Å². The van der Waals surface area contributed by atoms with Crippen LogP contribution < -0.4 is 15.4 Å². The number of hydrogen-bond acceptors (Lipinski definition) is 3. The van der Waals surface area contributed by atoms with Crippen molar-refractivity contribution in [3.63, 3.8) is 0 Å². The molecule has 1 atom stereocenters. The van der Waals surface area contributed by atoms with E-state index in [0.29, 0.717) is 6.54 Å². The zero-order valence-corrected chi connectivity index (χ0v) is 12.9. The molecule has 4 nitrogen and oxygen atoms in total. The second kappa shape index (κ2) is 8.59. The van der Waals surface area contributed by atoms with Gasteiger partial charge in [0.1, 0.15) is 5.75 Å². The van der Waals surface area contributed by atoms with Crippen LogP contribution in [0.2, 0.25) is 0 Å². The molecule has 0 radical (unpaired) electrons. The van der Waals surface area contributed by atoms with Gasteiger partial charge in [0.05, 0.1) is 13.2 Å². The summed E-state index contributed by atoms with van der Waals surface area (Å²) >= 11 is 0. The van der Waals surface area contributed by atoms with E-state index in [1.54, 1.807) is 0 Å². The monoisotopic (exact) mass is 278 g/mol. The van der Waals surface area contributed by atoms with Gasteiger partial charge in [-0.05, 0) is 44.9 Å². The van der Waals surface area contributed by atoms with E-state index in [9.17, 15) is 4.79 Å². The van der Waals surface area contributed by atoms with Crippen molar-refractivity contribution < 1.29 is 9.53 Å². The Morgan fingerprint density at radius 2 is 1.85 bits per heavy atom. The van der Waals surface area contributed by atoms with Crippen molar-refractivity contribution in [3.8, 4) is 5.75 Å². The van der Waals surface area contributed by atoms with Gasteiger partial charge in [-0.3, -0.25) is 4.79 Å². The standard InChI is InChI=1S/C16H26N2O2/c1-5-10-20-15-8-6-14(7-9-15)13(4)17-11-16(19)18-12(2)3/h6-9,12-13,17H,5,10-11H2,1-4H3,(H,18,19). The minimum atomic E-state index is 0.0229. The molecule has 2 N–H and O–H groups in total. The Bertz CT molecular complexity index is 401. The minimum absolute atomic E-state index is 0.0229. The van der Waals surface area contributed by atoms with Crippen LogP contribution in [0.25, 0.3) is 0 Å². The largest absolute Gasteiger partial charge is 0.494 e. The zero-order valence-electron chi connectivity index (χ0n) is 12.9. The zero-order chi connectivity index (χ0) is 15.0. The average molecular weight is 278 g/mol. The molecule has 0 saturated carbocycles. The van der Waals surface area contributed by atoms with Gasteiger partial charge in [-0.1, -0.05) is 19.1 Å². The fourth-order valence-electron chi connectivity index (χ4n) is 1.81. The molecular weight excluding hydrogens is 252 g/mol. The van der Waals surface area contributed by atoms with Crippen molar-refractivity contribution in [3.05, 3.63) is 29.8 Å². The second-order valence-corrected chi connectivity index (χ2v) is 5.24. The quantitative estimate of drug-likeness (QED) is 0.768. The van der Waals surface area contributed by atoms with E-state index in [2.05, 4.69) is 17.6 Å². The lowest BCUT2D eigenvalue weighted by Crippen LogP contribution is -2.38. The normalized spacial score (nSPS) is 12.2. The number of carbonyl (C=O) groups is 1. The third-order valence-electron chi connectivity index (χ3n) is 2.87. The molecule has 4 heteroatoms. The molecule has 0 aliphatic rings. The molecule has 0 saturated heterocycles. The van der Waals surface area contributed by atoms with E-state index < -0.39 is 0 Å². The highest BCUT2D eigenvalue weighted by molar-refractivity contribution is 5.78. The molecule has 0 spiro atoms. The molecule has 0 aliphatic heterocycles. The lowest BCUT2D eigenvalue weighted by Gasteiger charge is -2.15. The van der Waals surface area contributed by atoms with E-state index in [1.165, 1.54) is 0 Å². The number of nitrogens with one attached hydrogen (secondary N) is 2. The average Bonchev–Trinajstić information content (AvgIpc) is 2.42. The maximum atomic E-state index is 11.6. The fraction of sp³-hybridized carbons (Fsp3) is 0.562. The molecule has 20 heavy (non-hydrogen) atoms. The molecule has 0 aromatic heterocycles. The summed E-state index contributed by atoms with van der Waals surface area (Å²) in [4.78, 5) is 11.6. The highest BCUT2D eigenvalue weighted by Crippen LogP contribution is 2.17. The number of ether oxygens (including phenoxy) is 1. The Morgan fingerprint density at radius 1 is 1.20 bits per heavy atom. The van der Waals surface area contributed by atoms with Crippen LogP contribution in [0.4, 0.5) is 0 Å². The summed E-state index contributed by atoms with van der Waals surface area (Å²) in [7, 11) is 0. The van der Waals surface area contributed by atoms with Gasteiger partial charge in [-0.25, -0.2) is 0 Å². The summed E-state index contributed by atoms with van der Waals surface area (Å²) in [6.45, 7) is 9.11. The van der Waals surface area contributed by atoms with Crippen molar-refractivity contribution in [1.82, 2.24) is 10.6 Å². The van der Waals surface area contributed by atoms with Gasteiger partial charge in [0.25, 0.3) is 0 Å². The molecule has 112 valence electrons. The first kappa shape index (κ1) is 16.5. The van der Waals surface area contributed by atoms with Gasteiger partial charge in [0, 0.05) is 12.1 Å².